The molecule has 1 saturated heterocycles. The Kier molecular flexibility index (Phi) is 4.58. The van der Waals surface area contributed by atoms with Gasteiger partial charge in [0.15, 0.2) is 0 Å². The molecule has 0 aliphatic carbocycles. The van der Waals surface area contributed by atoms with E-state index in [1.807, 2.05) is 7.05 Å². The summed E-state index contributed by atoms with van der Waals surface area (Å²) in [6.45, 7) is 7.47. The second-order valence-corrected chi connectivity index (χ2v) is 5.65. The van der Waals surface area contributed by atoms with Crippen molar-refractivity contribution in [2.45, 2.75) is 32.7 Å². The first-order valence-corrected chi connectivity index (χ1v) is 7.08. The minimum Gasteiger partial charge on any atom is -0.349 e. The first-order valence-electron chi connectivity index (χ1n) is 7.08. The zero-order valence-electron chi connectivity index (χ0n) is 12.1. The first-order chi connectivity index (χ1) is 9.09. The molecule has 5 heteroatoms. The molecule has 1 aromatic rings. The number of nitrogens with one attached hydrogen (secondary N) is 1. The molecule has 1 atom stereocenters. The van der Waals surface area contributed by atoms with Gasteiger partial charge in [-0.25, -0.2) is 4.98 Å². The lowest BCUT2D eigenvalue weighted by atomic mass is 10.0. The Morgan fingerprint density at radius 1 is 1.42 bits per heavy atom. The number of rotatable bonds is 5. The predicted octanol–water partition coefficient (Wildman–Crippen LogP) is 1.27. The molecule has 106 valence electrons. The second kappa shape index (κ2) is 6.19. The first kappa shape index (κ1) is 14.1. The van der Waals surface area contributed by atoms with Gasteiger partial charge in [0.2, 0.25) is 0 Å². The van der Waals surface area contributed by atoms with Crippen molar-refractivity contribution in [2.24, 2.45) is 13.0 Å². The summed E-state index contributed by atoms with van der Waals surface area (Å²) in [4.78, 5) is 18.5. The second-order valence-electron chi connectivity index (χ2n) is 5.65. The average molecular weight is 264 g/mol. The third-order valence-corrected chi connectivity index (χ3v) is 3.90. The molecule has 0 radical (unpaired) electrons. The summed E-state index contributed by atoms with van der Waals surface area (Å²) in [6.07, 6.45) is 5.81. The molecule has 1 aliphatic rings. The fraction of sp³-hybridized carbons (Fsp3) is 0.714. The Bertz CT molecular complexity index is 421. The number of likely N-dealkylation sites (tertiary alicyclic amines) is 1. The van der Waals surface area contributed by atoms with Crippen LogP contribution in [0, 0.1) is 5.92 Å². The Balaban J connectivity index is 1.92. The summed E-state index contributed by atoms with van der Waals surface area (Å²) < 4.78 is 1.75. The van der Waals surface area contributed by atoms with Crippen LogP contribution >= 0.6 is 0 Å². The number of imidazole rings is 1. The number of hydrogen-bond donors (Lipinski definition) is 1. The van der Waals surface area contributed by atoms with E-state index in [-0.39, 0.29) is 5.91 Å². The van der Waals surface area contributed by atoms with Crippen molar-refractivity contribution in [3.63, 3.8) is 0 Å². The number of nitrogens with zero attached hydrogens (tertiary/aromatic N) is 3. The number of carbonyl (C=O) groups excluding carboxylic acids is 1. The number of aryl methyl sites for hydroxylation is 1. The normalized spacial score (nSPS) is 17.9. The lowest BCUT2D eigenvalue weighted by molar-refractivity contribution is 0.0919. The van der Waals surface area contributed by atoms with Crippen LogP contribution in [-0.4, -0.2) is 46.0 Å². The van der Waals surface area contributed by atoms with E-state index < -0.39 is 0 Å². The highest BCUT2D eigenvalue weighted by molar-refractivity contribution is 5.92. The van der Waals surface area contributed by atoms with Crippen LogP contribution < -0.4 is 5.32 Å². The maximum Gasteiger partial charge on any atom is 0.269 e. The van der Waals surface area contributed by atoms with Gasteiger partial charge in [-0.15, -0.1) is 0 Å². The van der Waals surface area contributed by atoms with Gasteiger partial charge in [0.1, 0.15) is 5.69 Å². The van der Waals surface area contributed by atoms with Crippen LogP contribution in [0.1, 0.15) is 37.2 Å². The van der Waals surface area contributed by atoms with Crippen LogP contribution in [0.3, 0.4) is 0 Å². The number of aromatic nitrogens is 2. The van der Waals surface area contributed by atoms with E-state index >= 15 is 0 Å². The molecule has 2 heterocycles. The Labute approximate surface area is 115 Å². The van der Waals surface area contributed by atoms with Gasteiger partial charge in [-0.3, -0.25) is 9.69 Å². The average Bonchev–Trinajstić information content (AvgIpc) is 3.00. The third-order valence-electron chi connectivity index (χ3n) is 3.90. The van der Waals surface area contributed by atoms with E-state index in [0.29, 0.717) is 24.2 Å². The number of amides is 1. The van der Waals surface area contributed by atoms with Gasteiger partial charge in [-0.1, -0.05) is 13.8 Å². The molecule has 0 bridgehead atoms. The predicted molar refractivity (Wildman–Crippen MR) is 75.0 cm³/mol. The minimum absolute atomic E-state index is 0.0372. The molecule has 5 nitrogen and oxygen atoms in total. The molecule has 1 amide bonds. The van der Waals surface area contributed by atoms with Crippen molar-refractivity contribution in [1.82, 2.24) is 19.8 Å². The fourth-order valence-corrected chi connectivity index (χ4v) is 2.72. The molecule has 2 rings (SSSR count). The maximum atomic E-state index is 12.1. The van der Waals surface area contributed by atoms with Crippen LogP contribution in [0.2, 0.25) is 0 Å². The minimum atomic E-state index is -0.0372. The molecule has 0 spiro atoms. The fourth-order valence-electron chi connectivity index (χ4n) is 2.72. The van der Waals surface area contributed by atoms with Gasteiger partial charge < -0.3 is 9.88 Å². The summed E-state index contributed by atoms with van der Waals surface area (Å²) in [5.74, 6) is 0.509. The molecule has 1 aromatic heterocycles. The lowest BCUT2D eigenvalue weighted by Gasteiger charge is -2.30. The molecule has 1 fully saturated rings. The van der Waals surface area contributed by atoms with Crippen molar-refractivity contribution in [2.75, 3.05) is 19.6 Å². The van der Waals surface area contributed by atoms with Crippen LogP contribution in [0.4, 0.5) is 0 Å². The molecule has 1 aliphatic heterocycles. The Morgan fingerprint density at radius 3 is 2.63 bits per heavy atom. The lowest BCUT2D eigenvalue weighted by Crippen LogP contribution is -2.45. The molecule has 0 aromatic carbocycles. The monoisotopic (exact) mass is 264 g/mol. The third kappa shape index (κ3) is 3.35. The summed E-state index contributed by atoms with van der Waals surface area (Å²) in [5, 5.41) is 3.04. The maximum absolute atomic E-state index is 12.1. The van der Waals surface area contributed by atoms with Crippen molar-refractivity contribution in [3.8, 4) is 0 Å². The van der Waals surface area contributed by atoms with E-state index in [4.69, 9.17) is 0 Å². The highest BCUT2D eigenvalue weighted by Crippen LogP contribution is 2.17. The highest BCUT2D eigenvalue weighted by atomic mass is 16.1. The van der Waals surface area contributed by atoms with Gasteiger partial charge >= 0.3 is 0 Å². The Morgan fingerprint density at radius 2 is 2.11 bits per heavy atom. The van der Waals surface area contributed by atoms with Crippen LogP contribution in [0.5, 0.6) is 0 Å². The summed E-state index contributed by atoms with van der Waals surface area (Å²) in [6, 6.07) is 0.430. The molecule has 1 unspecified atom stereocenters. The van der Waals surface area contributed by atoms with E-state index in [0.717, 1.165) is 13.1 Å². The van der Waals surface area contributed by atoms with Gasteiger partial charge in [0.25, 0.3) is 5.91 Å². The summed E-state index contributed by atoms with van der Waals surface area (Å²) in [5.41, 5.74) is 0.615. The standard InChI is InChI=1S/C14H24N4O/c1-11(2)12(18-6-4-5-7-18)9-16-14(19)13-8-15-10-17(13)3/h8,10-12H,4-7,9H2,1-3H3,(H,16,19). The molecule has 0 saturated carbocycles. The van der Waals surface area contributed by atoms with Crippen molar-refractivity contribution in [3.05, 3.63) is 18.2 Å². The largest absolute Gasteiger partial charge is 0.349 e. The van der Waals surface area contributed by atoms with Crippen molar-refractivity contribution in [1.29, 1.82) is 0 Å². The molecule has 19 heavy (non-hydrogen) atoms. The van der Waals surface area contributed by atoms with Gasteiger partial charge in [-0.05, 0) is 31.8 Å². The molecular formula is C14H24N4O. The van der Waals surface area contributed by atoms with E-state index in [1.54, 1.807) is 17.1 Å². The number of carbonyl (C=O) groups is 1. The van der Waals surface area contributed by atoms with Crippen molar-refractivity contribution < 1.29 is 4.79 Å². The van der Waals surface area contributed by atoms with E-state index in [9.17, 15) is 4.79 Å². The van der Waals surface area contributed by atoms with Crippen molar-refractivity contribution >= 4 is 5.91 Å². The molecule has 1 N–H and O–H groups in total. The summed E-state index contributed by atoms with van der Waals surface area (Å²) >= 11 is 0. The van der Waals surface area contributed by atoms with Crippen LogP contribution in [0.15, 0.2) is 12.5 Å². The van der Waals surface area contributed by atoms with Gasteiger partial charge in [-0.2, -0.15) is 0 Å². The van der Waals surface area contributed by atoms with Crippen LogP contribution in [0.25, 0.3) is 0 Å². The van der Waals surface area contributed by atoms with Gasteiger partial charge in [0.05, 0.1) is 12.5 Å². The zero-order valence-corrected chi connectivity index (χ0v) is 12.1. The highest BCUT2D eigenvalue weighted by Gasteiger charge is 2.25. The van der Waals surface area contributed by atoms with E-state index in [1.165, 1.54) is 12.8 Å². The van der Waals surface area contributed by atoms with E-state index in [2.05, 4.69) is 29.0 Å². The smallest absolute Gasteiger partial charge is 0.269 e. The quantitative estimate of drug-likeness (QED) is 0.871. The summed E-state index contributed by atoms with van der Waals surface area (Å²) in [7, 11) is 1.84. The number of hydrogen-bond acceptors (Lipinski definition) is 3. The van der Waals surface area contributed by atoms with Crippen LogP contribution in [-0.2, 0) is 7.05 Å². The Hall–Kier alpha value is -1.36. The zero-order chi connectivity index (χ0) is 13.8. The molecular weight excluding hydrogens is 240 g/mol. The topological polar surface area (TPSA) is 50.2 Å². The van der Waals surface area contributed by atoms with Gasteiger partial charge in [0, 0.05) is 19.6 Å². The SMILES string of the molecule is CC(C)C(CNC(=O)c1cncn1C)N1CCCC1.